The second-order valence-corrected chi connectivity index (χ2v) is 7.91. The van der Waals surface area contributed by atoms with E-state index in [2.05, 4.69) is 4.98 Å². The van der Waals surface area contributed by atoms with Gasteiger partial charge >= 0.3 is 6.18 Å². The Kier molecular flexibility index (Phi) is 6.81. The van der Waals surface area contributed by atoms with E-state index in [0.29, 0.717) is 26.9 Å². The van der Waals surface area contributed by atoms with Crippen molar-refractivity contribution in [2.45, 2.75) is 17.0 Å². The maximum Gasteiger partial charge on any atom is 0.417 e. The summed E-state index contributed by atoms with van der Waals surface area (Å²) in [6, 6.07) is 13.9. The van der Waals surface area contributed by atoms with Crippen molar-refractivity contribution in [3.8, 4) is 23.1 Å². The summed E-state index contributed by atoms with van der Waals surface area (Å²) in [4.78, 5) is 4.34. The van der Waals surface area contributed by atoms with Crippen molar-refractivity contribution in [3.63, 3.8) is 0 Å². The lowest BCUT2D eigenvalue weighted by atomic mass is 10.1. The third kappa shape index (κ3) is 5.01. The number of hydrogen-bond donors (Lipinski definition) is 0. The first kappa shape index (κ1) is 22.3. The first-order valence-corrected chi connectivity index (χ1v) is 10.2. The van der Waals surface area contributed by atoms with Crippen LogP contribution in [-0.4, -0.2) is 12.1 Å². The van der Waals surface area contributed by atoms with Gasteiger partial charge in [-0.15, -0.1) is 11.8 Å². The Labute approximate surface area is 185 Å². The summed E-state index contributed by atoms with van der Waals surface area (Å²) in [6.45, 7) is 0. The average Bonchev–Trinajstić information content (AvgIpc) is 2.72. The highest BCUT2D eigenvalue weighted by molar-refractivity contribution is 7.98. The molecule has 0 radical (unpaired) electrons. The van der Waals surface area contributed by atoms with E-state index < -0.39 is 17.3 Å². The van der Waals surface area contributed by atoms with Gasteiger partial charge in [-0.25, -0.2) is 4.98 Å². The molecule has 0 aliphatic rings. The average molecular weight is 469 g/mol. The van der Waals surface area contributed by atoms with E-state index in [-0.39, 0.29) is 16.5 Å². The molecule has 1 heterocycles. The molecule has 2 aromatic carbocycles. The number of aromatic nitrogens is 1. The maximum atomic E-state index is 13.7. The van der Waals surface area contributed by atoms with E-state index >= 15 is 0 Å². The molecule has 0 unspecified atom stereocenters. The predicted molar refractivity (Wildman–Crippen MR) is 112 cm³/mol. The molecule has 0 amide bonds. The van der Waals surface area contributed by atoms with Gasteiger partial charge in [-0.05, 0) is 48.0 Å². The summed E-state index contributed by atoms with van der Waals surface area (Å²) in [5.41, 5.74) is -0.309. The van der Waals surface area contributed by atoms with Crippen LogP contribution in [0.1, 0.15) is 16.7 Å². The van der Waals surface area contributed by atoms with E-state index in [1.807, 2.05) is 0 Å². The number of ether oxygens (including phenoxy) is 1. The van der Waals surface area contributed by atoms with Crippen molar-refractivity contribution in [2.24, 2.45) is 0 Å². The van der Waals surface area contributed by atoms with Crippen LogP contribution in [0.15, 0.2) is 53.6 Å². The van der Waals surface area contributed by atoms with Crippen LogP contribution >= 0.6 is 35.0 Å². The molecule has 154 valence electrons. The Hall–Kier alpha value is -2.40. The molecule has 0 bridgehead atoms. The minimum Gasteiger partial charge on any atom is -0.497 e. The molecule has 3 aromatic rings. The molecule has 0 atom stereocenters. The fourth-order valence-electron chi connectivity index (χ4n) is 2.65. The molecule has 30 heavy (non-hydrogen) atoms. The van der Waals surface area contributed by atoms with Gasteiger partial charge in [0.25, 0.3) is 0 Å². The largest absolute Gasteiger partial charge is 0.497 e. The van der Waals surface area contributed by atoms with Crippen molar-refractivity contribution in [3.05, 3.63) is 75.3 Å². The summed E-state index contributed by atoms with van der Waals surface area (Å²) in [5.74, 6) is 0.788. The van der Waals surface area contributed by atoms with Crippen LogP contribution in [-0.2, 0) is 11.9 Å². The molecule has 0 saturated heterocycles. The van der Waals surface area contributed by atoms with E-state index in [1.165, 1.54) is 7.11 Å². The van der Waals surface area contributed by atoms with E-state index in [0.717, 1.165) is 17.8 Å². The van der Waals surface area contributed by atoms with Crippen molar-refractivity contribution in [1.82, 2.24) is 4.98 Å². The number of thioether (sulfide) groups is 1. The van der Waals surface area contributed by atoms with Gasteiger partial charge in [0.2, 0.25) is 0 Å². The fraction of sp³-hybridized carbons (Fsp3) is 0.143. The quantitative estimate of drug-likeness (QED) is 0.370. The molecule has 0 N–H and O–H groups in total. The molecular weight excluding hydrogens is 456 g/mol. The zero-order chi connectivity index (χ0) is 21.9. The number of benzene rings is 2. The topological polar surface area (TPSA) is 45.9 Å². The number of hydrogen-bond acceptors (Lipinski definition) is 4. The van der Waals surface area contributed by atoms with Crippen molar-refractivity contribution in [1.29, 1.82) is 5.26 Å². The first-order chi connectivity index (χ1) is 14.2. The number of alkyl halides is 3. The van der Waals surface area contributed by atoms with E-state index in [9.17, 15) is 18.4 Å². The standard InChI is InChI=1S/C21H13Cl2F3N2OS/c1-29-15-6-3-12(4-7-15)19-9-17(21(24,25)26)16(10-27)20(28-19)30-11-13-2-5-14(22)8-18(13)23/h2-9H,11H2,1H3. The van der Waals surface area contributed by atoms with Crippen LogP contribution in [0.3, 0.4) is 0 Å². The van der Waals surface area contributed by atoms with Gasteiger partial charge in [-0.3, -0.25) is 0 Å². The number of nitriles is 1. The lowest BCUT2D eigenvalue weighted by molar-refractivity contribution is -0.138. The minimum absolute atomic E-state index is 0.0239. The van der Waals surface area contributed by atoms with Crippen LogP contribution in [0.5, 0.6) is 5.75 Å². The van der Waals surface area contributed by atoms with Crippen LogP contribution in [0.2, 0.25) is 10.0 Å². The van der Waals surface area contributed by atoms with Crippen molar-refractivity contribution < 1.29 is 17.9 Å². The Morgan fingerprint density at radius 2 is 1.80 bits per heavy atom. The number of methoxy groups -OCH3 is 1. The highest BCUT2D eigenvalue weighted by Gasteiger charge is 2.36. The lowest BCUT2D eigenvalue weighted by Crippen LogP contribution is -2.10. The number of pyridine rings is 1. The molecule has 0 aliphatic heterocycles. The Morgan fingerprint density at radius 3 is 2.37 bits per heavy atom. The summed E-state index contributed by atoms with van der Waals surface area (Å²) < 4.78 is 46.1. The van der Waals surface area contributed by atoms with Gasteiger partial charge in [-0.1, -0.05) is 29.3 Å². The highest BCUT2D eigenvalue weighted by Crippen LogP contribution is 2.39. The summed E-state index contributed by atoms with van der Waals surface area (Å²) in [7, 11) is 1.49. The smallest absolute Gasteiger partial charge is 0.417 e. The second kappa shape index (κ2) is 9.17. The van der Waals surface area contributed by atoms with Gasteiger partial charge in [-0.2, -0.15) is 18.4 Å². The van der Waals surface area contributed by atoms with Crippen molar-refractivity contribution >= 4 is 35.0 Å². The molecule has 9 heteroatoms. The first-order valence-electron chi connectivity index (χ1n) is 8.46. The molecule has 3 nitrogen and oxygen atoms in total. The molecular formula is C21H13Cl2F3N2OS. The Bertz CT molecular complexity index is 1110. The van der Waals surface area contributed by atoms with Crippen LogP contribution in [0.4, 0.5) is 13.2 Å². The SMILES string of the molecule is COc1ccc(-c2cc(C(F)(F)F)c(C#N)c(SCc3ccc(Cl)cc3Cl)n2)cc1. The monoisotopic (exact) mass is 468 g/mol. The van der Waals surface area contributed by atoms with Gasteiger partial charge < -0.3 is 4.74 Å². The maximum absolute atomic E-state index is 13.7. The zero-order valence-corrected chi connectivity index (χ0v) is 17.8. The molecule has 0 saturated carbocycles. The van der Waals surface area contributed by atoms with Gasteiger partial charge in [0.1, 0.15) is 16.8 Å². The summed E-state index contributed by atoms with van der Waals surface area (Å²) >= 11 is 13.0. The Morgan fingerprint density at radius 1 is 1.10 bits per heavy atom. The van der Waals surface area contributed by atoms with Gasteiger partial charge in [0.15, 0.2) is 0 Å². The summed E-state index contributed by atoms with van der Waals surface area (Å²) in [5, 5.41) is 10.2. The third-order valence-electron chi connectivity index (χ3n) is 4.17. The number of nitrogens with zero attached hydrogens (tertiary/aromatic N) is 2. The van der Waals surface area contributed by atoms with E-state index in [1.54, 1.807) is 48.5 Å². The molecule has 1 aromatic heterocycles. The third-order valence-corrected chi connectivity index (χ3v) is 5.78. The fourth-order valence-corrected chi connectivity index (χ4v) is 4.21. The normalized spacial score (nSPS) is 11.2. The van der Waals surface area contributed by atoms with Gasteiger partial charge in [0.05, 0.1) is 23.9 Å². The second-order valence-electron chi connectivity index (χ2n) is 6.10. The summed E-state index contributed by atoms with van der Waals surface area (Å²) in [6.07, 6.45) is -4.71. The minimum atomic E-state index is -4.71. The lowest BCUT2D eigenvalue weighted by Gasteiger charge is -2.15. The molecule has 0 aliphatic carbocycles. The molecule has 0 spiro atoms. The Balaban J connectivity index is 2.06. The van der Waals surface area contributed by atoms with Crippen LogP contribution < -0.4 is 4.74 Å². The van der Waals surface area contributed by atoms with Crippen molar-refractivity contribution in [2.75, 3.05) is 7.11 Å². The number of halogens is 5. The zero-order valence-electron chi connectivity index (χ0n) is 15.4. The highest BCUT2D eigenvalue weighted by atomic mass is 35.5. The van der Waals surface area contributed by atoms with E-state index in [4.69, 9.17) is 27.9 Å². The van der Waals surface area contributed by atoms with Crippen LogP contribution in [0.25, 0.3) is 11.3 Å². The molecule has 3 rings (SSSR count). The van der Waals surface area contributed by atoms with Crippen LogP contribution in [0, 0.1) is 11.3 Å². The number of rotatable bonds is 5. The van der Waals surface area contributed by atoms with Gasteiger partial charge in [0, 0.05) is 21.4 Å². The predicted octanol–water partition coefficient (Wildman–Crippen LogP) is 7.25. The molecule has 0 fully saturated rings.